The normalized spacial score (nSPS) is 16.5. The molecule has 0 bridgehead atoms. The zero-order valence-electron chi connectivity index (χ0n) is 11.0. The van der Waals surface area contributed by atoms with Crippen LogP contribution >= 0.6 is 34.4 Å². The molecule has 1 N–H and O–H groups in total. The molecule has 0 aromatic carbocycles. The molecule has 2 aromatic rings. The molecule has 0 unspecified atom stereocenters. The van der Waals surface area contributed by atoms with Gasteiger partial charge in [-0.25, -0.2) is 4.98 Å². The number of anilines is 1. The quantitative estimate of drug-likeness (QED) is 0.857. The van der Waals surface area contributed by atoms with Gasteiger partial charge in [-0.2, -0.15) is 0 Å². The number of amides is 3. The predicted octanol–water partition coefficient (Wildman–Crippen LogP) is 2.88. The van der Waals surface area contributed by atoms with E-state index >= 15 is 0 Å². The van der Waals surface area contributed by atoms with E-state index in [2.05, 4.69) is 10.3 Å². The summed E-state index contributed by atoms with van der Waals surface area (Å²) in [5, 5.41) is 6.15. The SMILES string of the molecule is O=C(CN1C(=O)S/C(=C/c2cccs2)C1=O)Nc1nccs1. The van der Waals surface area contributed by atoms with Crippen LogP contribution in [0.5, 0.6) is 0 Å². The molecular formula is C13H9N3O3S3. The van der Waals surface area contributed by atoms with Crippen LogP contribution in [-0.4, -0.2) is 33.5 Å². The first kappa shape index (κ1) is 14.9. The lowest BCUT2D eigenvalue weighted by molar-refractivity contribution is -0.127. The maximum absolute atomic E-state index is 12.2. The summed E-state index contributed by atoms with van der Waals surface area (Å²) in [6, 6.07) is 3.72. The van der Waals surface area contributed by atoms with Gasteiger partial charge in [-0.3, -0.25) is 19.3 Å². The van der Waals surface area contributed by atoms with Gasteiger partial charge in [0, 0.05) is 16.5 Å². The molecule has 2 aromatic heterocycles. The van der Waals surface area contributed by atoms with Crippen molar-refractivity contribution in [1.82, 2.24) is 9.88 Å². The molecule has 0 radical (unpaired) electrons. The molecule has 3 rings (SSSR count). The van der Waals surface area contributed by atoms with Gasteiger partial charge in [-0.05, 0) is 29.3 Å². The number of thiazole rings is 1. The van der Waals surface area contributed by atoms with Crippen LogP contribution in [-0.2, 0) is 9.59 Å². The molecule has 0 aliphatic carbocycles. The second kappa shape index (κ2) is 6.42. The molecule has 3 heterocycles. The van der Waals surface area contributed by atoms with Crippen LogP contribution in [0.1, 0.15) is 4.88 Å². The lowest BCUT2D eigenvalue weighted by Gasteiger charge is -2.11. The van der Waals surface area contributed by atoms with Crippen LogP contribution in [0.3, 0.4) is 0 Å². The van der Waals surface area contributed by atoms with Crippen LogP contribution < -0.4 is 5.32 Å². The number of hydrogen-bond donors (Lipinski definition) is 1. The number of carbonyl (C=O) groups excluding carboxylic acids is 3. The van der Waals surface area contributed by atoms with Crippen molar-refractivity contribution in [3.63, 3.8) is 0 Å². The number of hydrogen-bond acceptors (Lipinski definition) is 7. The number of thiophene rings is 1. The smallest absolute Gasteiger partial charge is 0.294 e. The summed E-state index contributed by atoms with van der Waals surface area (Å²) < 4.78 is 0. The van der Waals surface area contributed by atoms with Crippen LogP contribution in [0, 0.1) is 0 Å². The van der Waals surface area contributed by atoms with Gasteiger partial charge in [0.25, 0.3) is 11.1 Å². The number of nitrogens with zero attached hydrogens (tertiary/aromatic N) is 2. The Labute approximate surface area is 137 Å². The molecule has 112 valence electrons. The van der Waals surface area contributed by atoms with Gasteiger partial charge >= 0.3 is 0 Å². The topological polar surface area (TPSA) is 79.4 Å². The van der Waals surface area contributed by atoms with Crippen molar-refractivity contribution in [1.29, 1.82) is 0 Å². The molecule has 0 saturated carbocycles. The van der Waals surface area contributed by atoms with E-state index in [4.69, 9.17) is 0 Å². The molecule has 1 fully saturated rings. The van der Waals surface area contributed by atoms with E-state index in [-0.39, 0.29) is 6.54 Å². The van der Waals surface area contributed by atoms with Gasteiger partial charge in [0.2, 0.25) is 5.91 Å². The standard InChI is InChI=1S/C13H9N3O3S3/c17-10(15-12-14-3-5-21-12)7-16-11(18)9(22-13(16)19)6-8-2-1-4-20-8/h1-6H,7H2,(H,14,15,17)/b9-6+. The summed E-state index contributed by atoms with van der Waals surface area (Å²) in [5.41, 5.74) is 0. The second-order valence-corrected chi connectivity index (χ2v) is 7.04. The number of thioether (sulfide) groups is 1. The van der Waals surface area contributed by atoms with E-state index in [0.29, 0.717) is 10.0 Å². The largest absolute Gasteiger partial charge is 0.300 e. The predicted molar refractivity (Wildman–Crippen MR) is 87.7 cm³/mol. The van der Waals surface area contributed by atoms with Gasteiger partial charge in [0.05, 0.1) is 4.91 Å². The van der Waals surface area contributed by atoms with Gasteiger partial charge in [-0.15, -0.1) is 22.7 Å². The Hall–Kier alpha value is -1.97. The van der Waals surface area contributed by atoms with Crippen LogP contribution in [0.4, 0.5) is 9.93 Å². The number of rotatable bonds is 4. The first-order chi connectivity index (χ1) is 10.6. The highest BCUT2D eigenvalue weighted by atomic mass is 32.2. The highest BCUT2D eigenvalue weighted by Crippen LogP contribution is 2.32. The number of nitrogens with one attached hydrogen (secondary N) is 1. The van der Waals surface area contributed by atoms with Crippen molar-refractivity contribution in [3.05, 3.63) is 38.9 Å². The van der Waals surface area contributed by atoms with Crippen molar-refractivity contribution in [2.24, 2.45) is 0 Å². The van der Waals surface area contributed by atoms with E-state index in [1.165, 1.54) is 22.7 Å². The molecule has 0 spiro atoms. The Bertz CT molecular complexity index is 738. The Morgan fingerprint density at radius 1 is 1.32 bits per heavy atom. The highest BCUT2D eigenvalue weighted by molar-refractivity contribution is 8.18. The van der Waals surface area contributed by atoms with Crippen molar-refractivity contribution in [2.75, 3.05) is 11.9 Å². The van der Waals surface area contributed by atoms with E-state index in [1.807, 2.05) is 17.5 Å². The summed E-state index contributed by atoms with van der Waals surface area (Å²) >= 11 is 3.58. The maximum Gasteiger partial charge on any atom is 0.294 e. The van der Waals surface area contributed by atoms with E-state index < -0.39 is 17.1 Å². The average Bonchev–Trinajstić information content (AvgIpc) is 3.20. The molecule has 9 heteroatoms. The Kier molecular flexibility index (Phi) is 4.36. The van der Waals surface area contributed by atoms with Gasteiger partial charge < -0.3 is 5.32 Å². The van der Waals surface area contributed by atoms with Gasteiger partial charge in [0.1, 0.15) is 6.54 Å². The zero-order chi connectivity index (χ0) is 15.5. The van der Waals surface area contributed by atoms with Crippen LogP contribution in [0.25, 0.3) is 6.08 Å². The minimum absolute atomic E-state index is 0.313. The summed E-state index contributed by atoms with van der Waals surface area (Å²) in [6.45, 7) is -0.313. The molecule has 1 aliphatic rings. The molecule has 1 aliphatic heterocycles. The van der Waals surface area contributed by atoms with Crippen molar-refractivity contribution < 1.29 is 14.4 Å². The summed E-state index contributed by atoms with van der Waals surface area (Å²) in [4.78, 5) is 42.0. The van der Waals surface area contributed by atoms with E-state index in [1.54, 1.807) is 17.7 Å². The van der Waals surface area contributed by atoms with Crippen molar-refractivity contribution in [3.8, 4) is 0 Å². The van der Waals surface area contributed by atoms with E-state index in [0.717, 1.165) is 21.5 Å². The summed E-state index contributed by atoms with van der Waals surface area (Å²) in [7, 11) is 0. The van der Waals surface area contributed by atoms with Crippen LogP contribution in [0.2, 0.25) is 0 Å². The maximum atomic E-state index is 12.2. The Balaban J connectivity index is 1.68. The molecule has 3 amide bonds. The summed E-state index contributed by atoms with van der Waals surface area (Å²) in [6.07, 6.45) is 3.22. The molecule has 22 heavy (non-hydrogen) atoms. The minimum atomic E-state index is -0.449. The summed E-state index contributed by atoms with van der Waals surface area (Å²) in [5.74, 6) is -0.896. The fourth-order valence-corrected chi connectivity index (χ4v) is 3.83. The fourth-order valence-electron chi connectivity index (χ4n) is 1.73. The lowest BCUT2D eigenvalue weighted by Crippen LogP contribution is -2.36. The third kappa shape index (κ3) is 3.26. The van der Waals surface area contributed by atoms with Crippen molar-refractivity contribution in [2.45, 2.75) is 0 Å². The Morgan fingerprint density at radius 2 is 2.18 bits per heavy atom. The Morgan fingerprint density at radius 3 is 2.86 bits per heavy atom. The molecule has 1 saturated heterocycles. The first-order valence-corrected chi connectivity index (χ1v) is 8.69. The lowest BCUT2D eigenvalue weighted by atomic mass is 10.3. The molecule has 0 atom stereocenters. The second-order valence-electron chi connectivity index (χ2n) is 4.17. The highest BCUT2D eigenvalue weighted by Gasteiger charge is 2.36. The minimum Gasteiger partial charge on any atom is -0.300 e. The van der Waals surface area contributed by atoms with E-state index in [9.17, 15) is 14.4 Å². The third-order valence-corrected chi connectivity index (χ3v) is 5.09. The average molecular weight is 351 g/mol. The number of imide groups is 1. The molecule has 6 nitrogen and oxygen atoms in total. The third-order valence-electron chi connectivity index (χ3n) is 2.67. The first-order valence-electron chi connectivity index (χ1n) is 6.12. The number of carbonyl (C=O) groups is 3. The number of aromatic nitrogens is 1. The fraction of sp³-hybridized carbons (Fsp3) is 0.0769. The monoisotopic (exact) mass is 351 g/mol. The van der Waals surface area contributed by atoms with Crippen LogP contribution in [0.15, 0.2) is 34.0 Å². The van der Waals surface area contributed by atoms with Gasteiger partial charge in [-0.1, -0.05) is 6.07 Å². The molecular weight excluding hydrogens is 342 g/mol. The zero-order valence-corrected chi connectivity index (χ0v) is 13.5. The van der Waals surface area contributed by atoms with Gasteiger partial charge in [0.15, 0.2) is 5.13 Å². The van der Waals surface area contributed by atoms with Crippen molar-refractivity contribution >= 4 is 62.7 Å².